The molecule has 102 valence electrons. The highest BCUT2D eigenvalue weighted by Gasteiger charge is 2.36. The average Bonchev–Trinajstić information content (AvgIpc) is 2.36. The summed E-state index contributed by atoms with van der Waals surface area (Å²) in [6.45, 7) is 14.4. The Hall–Kier alpha value is -0.370. The van der Waals surface area contributed by atoms with Gasteiger partial charge in [-0.3, -0.25) is 4.79 Å². The summed E-state index contributed by atoms with van der Waals surface area (Å²) in [4.78, 5) is 12.4. The van der Waals surface area contributed by atoms with Crippen molar-refractivity contribution in [2.24, 2.45) is 5.41 Å². The minimum atomic E-state index is -0.301. The fraction of sp³-hybridized carbons (Fsp3) is 0.933. The van der Waals surface area contributed by atoms with Gasteiger partial charge in [0.15, 0.2) is 5.78 Å². The summed E-state index contributed by atoms with van der Waals surface area (Å²) in [6, 6.07) is 0. The smallest absolute Gasteiger partial charge is 0.167 e. The second kappa shape index (κ2) is 6.53. The van der Waals surface area contributed by atoms with E-state index in [2.05, 4.69) is 34.6 Å². The van der Waals surface area contributed by atoms with Gasteiger partial charge in [0.1, 0.15) is 6.10 Å². The van der Waals surface area contributed by atoms with Crippen LogP contribution in [0.2, 0.25) is 0 Å². The van der Waals surface area contributed by atoms with Crippen LogP contribution < -0.4 is 0 Å². The molecule has 0 aliphatic carbocycles. The van der Waals surface area contributed by atoms with Gasteiger partial charge in [-0.15, -0.1) is 0 Å². The SMILES string of the molecule is CCC(C)(CC)O[C@H](C)C(=O)C(C)(CC)CC. The first-order valence-corrected chi connectivity index (χ1v) is 7.00. The second-order valence-corrected chi connectivity index (χ2v) is 5.55. The number of hydrogen-bond acceptors (Lipinski definition) is 2. The molecular weight excluding hydrogens is 212 g/mol. The molecule has 0 aromatic carbocycles. The molecule has 0 saturated carbocycles. The van der Waals surface area contributed by atoms with Crippen LogP contribution in [0.1, 0.15) is 74.1 Å². The number of carbonyl (C=O) groups excluding carboxylic acids is 1. The van der Waals surface area contributed by atoms with E-state index in [-0.39, 0.29) is 22.9 Å². The van der Waals surface area contributed by atoms with Crippen LogP contribution in [0.4, 0.5) is 0 Å². The largest absolute Gasteiger partial charge is 0.365 e. The second-order valence-electron chi connectivity index (χ2n) is 5.55. The highest BCUT2D eigenvalue weighted by molar-refractivity contribution is 5.88. The Balaban J connectivity index is 4.72. The van der Waals surface area contributed by atoms with Crippen LogP contribution in [0.25, 0.3) is 0 Å². The van der Waals surface area contributed by atoms with Gasteiger partial charge < -0.3 is 4.74 Å². The van der Waals surface area contributed by atoms with Crippen molar-refractivity contribution >= 4 is 5.78 Å². The summed E-state index contributed by atoms with van der Waals surface area (Å²) in [6.07, 6.45) is 3.34. The highest BCUT2D eigenvalue weighted by atomic mass is 16.5. The molecule has 1 atom stereocenters. The first kappa shape index (κ1) is 16.6. The van der Waals surface area contributed by atoms with Crippen molar-refractivity contribution in [1.29, 1.82) is 0 Å². The molecule has 0 aromatic heterocycles. The third-order valence-corrected chi connectivity index (χ3v) is 4.48. The van der Waals surface area contributed by atoms with Crippen molar-refractivity contribution in [2.75, 3.05) is 0 Å². The molecule has 0 rings (SSSR count). The summed E-state index contributed by atoms with van der Waals surface area (Å²) < 4.78 is 6.00. The summed E-state index contributed by atoms with van der Waals surface area (Å²) in [5.41, 5.74) is -0.403. The van der Waals surface area contributed by atoms with E-state index < -0.39 is 0 Å². The van der Waals surface area contributed by atoms with Crippen LogP contribution in [0.3, 0.4) is 0 Å². The summed E-state index contributed by atoms with van der Waals surface area (Å²) in [5.74, 6) is 0.246. The Kier molecular flexibility index (Phi) is 6.39. The Labute approximate surface area is 107 Å². The first-order valence-electron chi connectivity index (χ1n) is 7.00. The van der Waals surface area contributed by atoms with Crippen LogP contribution in [-0.2, 0) is 9.53 Å². The Morgan fingerprint density at radius 3 is 1.71 bits per heavy atom. The van der Waals surface area contributed by atoms with Crippen LogP contribution in [0.5, 0.6) is 0 Å². The van der Waals surface area contributed by atoms with Gasteiger partial charge >= 0.3 is 0 Å². The third kappa shape index (κ3) is 4.09. The number of hydrogen-bond donors (Lipinski definition) is 0. The fourth-order valence-electron chi connectivity index (χ4n) is 1.99. The first-order chi connectivity index (χ1) is 7.78. The predicted octanol–water partition coefficient (Wildman–Crippen LogP) is 4.37. The summed E-state index contributed by atoms with van der Waals surface area (Å²) in [5, 5.41) is 0. The fourth-order valence-corrected chi connectivity index (χ4v) is 1.99. The Morgan fingerprint density at radius 1 is 1.00 bits per heavy atom. The molecule has 0 N–H and O–H groups in total. The zero-order valence-corrected chi connectivity index (χ0v) is 12.7. The van der Waals surface area contributed by atoms with E-state index in [0.717, 1.165) is 25.7 Å². The van der Waals surface area contributed by atoms with Crippen LogP contribution in [0, 0.1) is 5.41 Å². The van der Waals surface area contributed by atoms with E-state index in [1.54, 1.807) is 0 Å². The third-order valence-electron chi connectivity index (χ3n) is 4.48. The van der Waals surface area contributed by atoms with Crippen molar-refractivity contribution in [3.63, 3.8) is 0 Å². The Bertz CT molecular complexity index is 237. The van der Waals surface area contributed by atoms with E-state index in [1.165, 1.54) is 0 Å². The Morgan fingerprint density at radius 2 is 1.41 bits per heavy atom. The number of rotatable bonds is 8. The normalized spacial score (nSPS) is 14.8. The van der Waals surface area contributed by atoms with E-state index in [4.69, 9.17) is 4.74 Å². The van der Waals surface area contributed by atoms with Crippen molar-refractivity contribution in [3.05, 3.63) is 0 Å². The van der Waals surface area contributed by atoms with Crippen molar-refractivity contribution < 1.29 is 9.53 Å². The van der Waals surface area contributed by atoms with Gasteiger partial charge in [-0.1, -0.05) is 34.6 Å². The minimum absolute atomic E-state index is 0.169. The maximum absolute atomic E-state index is 12.4. The quantitative estimate of drug-likeness (QED) is 0.632. The predicted molar refractivity (Wildman–Crippen MR) is 73.2 cm³/mol. The van der Waals surface area contributed by atoms with Gasteiger partial charge in [0.2, 0.25) is 0 Å². The van der Waals surface area contributed by atoms with E-state index in [0.29, 0.717) is 0 Å². The van der Waals surface area contributed by atoms with E-state index in [1.807, 2.05) is 13.8 Å². The number of ether oxygens (including phenoxy) is 1. The van der Waals surface area contributed by atoms with Gasteiger partial charge in [0, 0.05) is 5.41 Å². The molecule has 0 amide bonds. The lowest BCUT2D eigenvalue weighted by molar-refractivity contribution is -0.152. The van der Waals surface area contributed by atoms with Gasteiger partial charge in [-0.25, -0.2) is 0 Å². The summed E-state index contributed by atoms with van der Waals surface area (Å²) >= 11 is 0. The molecule has 2 heteroatoms. The summed E-state index contributed by atoms with van der Waals surface area (Å²) in [7, 11) is 0. The molecule has 0 fully saturated rings. The van der Waals surface area contributed by atoms with E-state index in [9.17, 15) is 4.79 Å². The molecule has 0 heterocycles. The lowest BCUT2D eigenvalue weighted by atomic mass is 9.78. The average molecular weight is 242 g/mol. The zero-order chi connectivity index (χ0) is 13.7. The van der Waals surface area contributed by atoms with Gasteiger partial charge in [-0.2, -0.15) is 0 Å². The van der Waals surface area contributed by atoms with Crippen molar-refractivity contribution in [3.8, 4) is 0 Å². The van der Waals surface area contributed by atoms with Crippen molar-refractivity contribution in [2.45, 2.75) is 85.9 Å². The molecular formula is C15H30O2. The van der Waals surface area contributed by atoms with Gasteiger partial charge in [0.05, 0.1) is 5.60 Å². The molecule has 0 aliphatic heterocycles. The van der Waals surface area contributed by atoms with Crippen LogP contribution >= 0.6 is 0 Å². The lowest BCUT2D eigenvalue weighted by Crippen LogP contribution is -2.41. The number of ketones is 1. The zero-order valence-electron chi connectivity index (χ0n) is 12.7. The molecule has 0 aromatic rings. The maximum atomic E-state index is 12.4. The van der Waals surface area contributed by atoms with Gasteiger partial charge in [-0.05, 0) is 39.5 Å². The highest BCUT2D eigenvalue weighted by Crippen LogP contribution is 2.31. The molecule has 0 radical (unpaired) electrons. The standard InChI is InChI=1S/C15H30O2/c1-8-14(6,9-2)13(16)12(5)17-15(7,10-3)11-4/h12H,8-11H2,1-7H3/t12-/m1/s1. The molecule has 0 bridgehead atoms. The number of carbonyl (C=O) groups is 1. The van der Waals surface area contributed by atoms with E-state index >= 15 is 0 Å². The molecule has 0 aliphatic rings. The van der Waals surface area contributed by atoms with Crippen molar-refractivity contribution in [1.82, 2.24) is 0 Å². The topological polar surface area (TPSA) is 26.3 Å². The number of Topliss-reactive ketones (excluding diaryl/α,β-unsaturated/α-hetero) is 1. The molecule has 2 nitrogen and oxygen atoms in total. The van der Waals surface area contributed by atoms with Crippen LogP contribution in [0.15, 0.2) is 0 Å². The monoisotopic (exact) mass is 242 g/mol. The molecule has 0 unspecified atom stereocenters. The van der Waals surface area contributed by atoms with Gasteiger partial charge in [0.25, 0.3) is 0 Å². The van der Waals surface area contributed by atoms with Crippen LogP contribution in [-0.4, -0.2) is 17.5 Å². The molecule has 17 heavy (non-hydrogen) atoms. The minimum Gasteiger partial charge on any atom is -0.365 e. The molecule has 0 saturated heterocycles. The lowest BCUT2D eigenvalue weighted by Gasteiger charge is -2.34. The molecule has 0 spiro atoms. The maximum Gasteiger partial charge on any atom is 0.167 e.